The van der Waals surface area contributed by atoms with Crippen molar-refractivity contribution in [1.82, 2.24) is 5.32 Å². The molecule has 0 amide bonds. The quantitative estimate of drug-likeness (QED) is 0.643. The molecule has 2 nitrogen and oxygen atoms in total. The Balaban J connectivity index is 4.31. The van der Waals surface area contributed by atoms with E-state index >= 15 is 0 Å². The second-order valence-corrected chi connectivity index (χ2v) is 2.60. The highest BCUT2D eigenvalue weighted by molar-refractivity contribution is 5.85. The lowest BCUT2D eigenvalue weighted by atomic mass is 9.89. The van der Waals surface area contributed by atoms with Crippen LogP contribution in [-0.2, 0) is 4.79 Å². The van der Waals surface area contributed by atoms with Crippen LogP contribution in [0.25, 0.3) is 0 Å². The lowest BCUT2D eigenvalue weighted by Crippen LogP contribution is -2.48. The van der Waals surface area contributed by atoms with Gasteiger partial charge in [-0.25, -0.2) is 0 Å². The molecule has 0 saturated carbocycles. The van der Waals surface area contributed by atoms with Crippen molar-refractivity contribution in [2.45, 2.75) is 39.2 Å². The number of carbonyl (C=O) groups excluding carboxylic acids is 1. The number of rotatable bonds is 4. The highest BCUT2D eigenvalue weighted by Gasteiger charge is 2.28. The molecule has 60 valence electrons. The van der Waals surface area contributed by atoms with Gasteiger partial charge in [0.15, 0.2) is 0 Å². The first kappa shape index (κ1) is 9.63. The van der Waals surface area contributed by atoms with Crippen LogP contribution in [0.15, 0.2) is 0 Å². The first-order chi connectivity index (χ1) is 4.63. The Morgan fingerprint density at radius 3 is 1.80 bits per heavy atom. The zero-order valence-electron chi connectivity index (χ0n) is 7.32. The van der Waals surface area contributed by atoms with Crippen LogP contribution in [0.2, 0.25) is 0 Å². The maximum atomic E-state index is 11.1. The number of hydrogen-bond acceptors (Lipinski definition) is 2. The number of ketones is 1. The Morgan fingerprint density at radius 1 is 1.40 bits per heavy atom. The molecule has 0 fully saturated rings. The second kappa shape index (κ2) is 3.71. The second-order valence-electron chi connectivity index (χ2n) is 2.60. The van der Waals surface area contributed by atoms with Gasteiger partial charge in [0.2, 0.25) is 0 Å². The molecule has 0 rings (SSSR count). The Morgan fingerprint density at radius 2 is 1.80 bits per heavy atom. The van der Waals surface area contributed by atoms with E-state index in [0.29, 0.717) is 0 Å². The fraction of sp³-hybridized carbons (Fsp3) is 0.875. The number of carbonyl (C=O) groups is 1. The fourth-order valence-electron chi connectivity index (χ4n) is 1.28. The maximum Gasteiger partial charge on any atom is 0.149 e. The smallest absolute Gasteiger partial charge is 0.149 e. The molecule has 0 aromatic carbocycles. The molecular weight excluding hydrogens is 126 g/mol. The summed E-state index contributed by atoms with van der Waals surface area (Å²) in [5.41, 5.74) is -0.264. The molecule has 0 unspecified atom stereocenters. The predicted octanol–water partition coefficient (Wildman–Crippen LogP) is 1.35. The van der Waals surface area contributed by atoms with Crippen LogP contribution in [0.4, 0.5) is 0 Å². The van der Waals surface area contributed by atoms with Crippen molar-refractivity contribution < 1.29 is 4.79 Å². The standard InChI is InChI=1S/C8H17NO/c1-5-8(6-2,9-4)7(3)10/h9H,5-6H2,1-4H3. The SMILES string of the molecule is CCC(CC)(NC)C(C)=O. The summed E-state index contributed by atoms with van der Waals surface area (Å²) in [6.07, 6.45) is 1.74. The van der Waals surface area contributed by atoms with Crippen molar-refractivity contribution in [3.8, 4) is 0 Å². The molecule has 0 aromatic heterocycles. The van der Waals surface area contributed by atoms with Gasteiger partial charge < -0.3 is 5.32 Å². The van der Waals surface area contributed by atoms with Crippen molar-refractivity contribution >= 4 is 5.78 Å². The molecule has 0 atom stereocenters. The van der Waals surface area contributed by atoms with Crippen molar-refractivity contribution in [2.24, 2.45) is 0 Å². The van der Waals surface area contributed by atoms with Gasteiger partial charge in [0.05, 0.1) is 5.54 Å². The molecule has 10 heavy (non-hydrogen) atoms. The van der Waals surface area contributed by atoms with Gasteiger partial charge in [0, 0.05) is 0 Å². The van der Waals surface area contributed by atoms with Crippen LogP contribution in [0.3, 0.4) is 0 Å². The molecular formula is C8H17NO. The van der Waals surface area contributed by atoms with Crippen LogP contribution in [0.5, 0.6) is 0 Å². The number of Topliss-reactive ketones (excluding diaryl/α,β-unsaturated/α-hetero) is 1. The van der Waals surface area contributed by atoms with E-state index in [4.69, 9.17) is 0 Å². The van der Waals surface area contributed by atoms with Gasteiger partial charge in [0.25, 0.3) is 0 Å². The molecule has 0 saturated heterocycles. The highest BCUT2D eigenvalue weighted by Crippen LogP contribution is 2.14. The van der Waals surface area contributed by atoms with Crippen molar-refractivity contribution in [1.29, 1.82) is 0 Å². The summed E-state index contributed by atoms with van der Waals surface area (Å²) in [6, 6.07) is 0. The Kier molecular flexibility index (Phi) is 3.58. The van der Waals surface area contributed by atoms with Gasteiger partial charge in [-0.15, -0.1) is 0 Å². The van der Waals surface area contributed by atoms with Crippen LogP contribution < -0.4 is 5.32 Å². The van der Waals surface area contributed by atoms with Gasteiger partial charge >= 0.3 is 0 Å². The first-order valence-corrected chi connectivity index (χ1v) is 3.83. The third-order valence-corrected chi connectivity index (χ3v) is 2.36. The van der Waals surface area contributed by atoms with E-state index in [2.05, 4.69) is 5.32 Å². The Hall–Kier alpha value is -0.370. The molecule has 0 radical (unpaired) electrons. The Labute approximate surface area is 63.0 Å². The van der Waals surface area contributed by atoms with Crippen molar-refractivity contribution in [3.05, 3.63) is 0 Å². The van der Waals surface area contributed by atoms with Gasteiger partial charge in [-0.05, 0) is 26.8 Å². The summed E-state index contributed by atoms with van der Waals surface area (Å²) in [7, 11) is 1.84. The van der Waals surface area contributed by atoms with E-state index in [1.807, 2.05) is 20.9 Å². The minimum absolute atomic E-state index is 0.236. The summed E-state index contributed by atoms with van der Waals surface area (Å²) < 4.78 is 0. The summed E-state index contributed by atoms with van der Waals surface area (Å²) >= 11 is 0. The van der Waals surface area contributed by atoms with Crippen LogP contribution in [-0.4, -0.2) is 18.4 Å². The third-order valence-electron chi connectivity index (χ3n) is 2.36. The van der Waals surface area contributed by atoms with Crippen LogP contribution in [0, 0.1) is 0 Å². The van der Waals surface area contributed by atoms with Gasteiger partial charge in [-0.2, -0.15) is 0 Å². The molecule has 2 heteroatoms. The first-order valence-electron chi connectivity index (χ1n) is 3.83. The highest BCUT2D eigenvalue weighted by atomic mass is 16.1. The topological polar surface area (TPSA) is 29.1 Å². The van der Waals surface area contributed by atoms with E-state index in [-0.39, 0.29) is 11.3 Å². The molecule has 0 aliphatic carbocycles. The monoisotopic (exact) mass is 143 g/mol. The zero-order chi connectivity index (χ0) is 8.20. The summed E-state index contributed by atoms with van der Waals surface area (Å²) in [6.45, 7) is 5.70. The minimum atomic E-state index is -0.264. The lowest BCUT2D eigenvalue weighted by Gasteiger charge is -2.27. The van der Waals surface area contributed by atoms with E-state index in [0.717, 1.165) is 12.8 Å². The molecule has 0 heterocycles. The number of likely N-dealkylation sites (N-methyl/N-ethyl adjacent to an activating group) is 1. The largest absolute Gasteiger partial charge is 0.308 e. The molecule has 0 spiro atoms. The molecule has 1 N–H and O–H groups in total. The summed E-state index contributed by atoms with van der Waals surface area (Å²) in [5.74, 6) is 0.236. The van der Waals surface area contributed by atoms with Crippen molar-refractivity contribution in [2.75, 3.05) is 7.05 Å². The Bertz CT molecular complexity index is 108. The van der Waals surface area contributed by atoms with E-state index in [1.165, 1.54) is 0 Å². The van der Waals surface area contributed by atoms with Gasteiger partial charge in [-0.1, -0.05) is 13.8 Å². The normalized spacial score (nSPS) is 11.6. The molecule has 0 aromatic rings. The molecule has 0 aliphatic heterocycles. The average molecular weight is 143 g/mol. The fourth-order valence-corrected chi connectivity index (χ4v) is 1.28. The average Bonchev–Trinajstić information content (AvgIpc) is 1.92. The third kappa shape index (κ3) is 1.57. The molecule has 0 bridgehead atoms. The van der Waals surface area contributed by atoms with Gasteiger partial charge in [0.1, 0.15) is 5.78 Å². The van der Waals surface area contributed by atoms with Crippen molar-refractivity contribution in [3.63, 3.8) is 0 Å². The van der Waals surface area contributed by atoms with Gasteiger partial charge in [-0.3, -0.25) is 4.79 Å². The van der Waals surface area contributed by atoms with Crippen LogP contribution >= 0.6 is 0 Å². The maximum absolute atomic E-state index is 11.1. The summed E-state index contributed by atoms with van der Waals surface area (Å²) in [4.78, 5) is 11.1. The zero-order valence-corrected chi connectivity index (χ0v) is 7.32. The number of hydrogen-bond donors (Lipinski definition) is 1. The minimum Gasteiger partial charge on any atom is -0.308 e. The van der Waals surface area contributed by atoms with E-state index in [1.54, 1.807) is 6.92 Å². The lowest BCUT2D eigenvalue weighted by molar-refractivity contribution is -0.123. The van der Waals surface area contributed by atoms with Crippen LogP contribution in [0.1, 0.15) is 33.6 Å². The van der Waals surface area contributed by atoms with E-state index < -0.39 is 0 Å². The summed E-state index contributed by atoms with van der Waals surface area (Å²) in [5, 5.41) is 3.06. The number of nitrogens with one attached hydrogen (secondary N) is 1. The molecule has 0 aliphatic rings. The van der Waals surface area contributed by atoms with E-state index in [9.17, 15) is 4.79 Å². The predicted molar refractivity (Wildman–Crippen MR) is 43.1 cm³/mol.